The van der Waals surface area contributed by atoms with Gasteiger partial charge in [0.1, 0.15) is 0 Å². The van der Waals surface area contributed by atoms with Crippen molar-refractivity contribution < 1.29 is 9.53 Å². The molecule has 0 unspecified atom stereocenters. The highest BCUT2D eigenvalue weighted by Gasteiger charge is 2.19. The maximum Gasteiger partial charge on any atom is 0.409 e. The molecule has 0 aromatic carbocycles. The van der Waals surface area contributed by atoms with Crippen LogP contribution in [0.5, 0.6) is 0 Å². The first-order valence-electron chi connectivity index (χ1n) is 3.08. The van der Waals surface area contributed by atoms with Gasteiger partial charge in [-0.2, -0.15) is 0 Å². The van der Waals surface area contributed by atoms with E-state index in [0.29, 0.717) is 12.5 Å². The fraction of sp³-hybridized carbons (Fsp3) is 0.833. The minimum Gasteiger partial charge on any atom is -0.449 e. The number of cyclic esters (lactones) is 1. The second kappa shape index (κ2) is 2.25. The Bertz CT molecular complexity index is 124. The zero-order valence-electron chi connectivity index (χ0n) is 5.76. The van der Waals surface area contributed by atoms with Crippen LogP contribution in [0.4, 0.5) is 4.79 Å². The van der Waals surface area contributed by atoms with Crippen LogP contribution >= 0.6 is 0 Å². The van der Waals surface area contributed by atoms with Crippen LogP contribution in [0.1, 0.15) is 6.92 Å². The lowest BCUT2D eigenvalue weighted by Crippen LogP contribution is -2.39. The number of carbonyl (C=O) groups is 1. The monoisotopic (exact) mass is 129 g/mol. The number of hydrogen-bond donors (Lipinski definition) is 0. The molecule has 1 atom stereocenters. The van der Waals surface area contributed by atoms with Crippen molar-refractivity contribution in [3.05, 3.63) is 0 Å². The number of amides is 1. The van der Waals surface area contributed by atoms with E-state index in [1.54, 1.807) is 11.9 Å². The normalized spacial score (nSPS) is 28.0. The van der Waals surface area contributed by atoms with Crippen LogP contribution < -0.4 is 0 Å². The molecule has 52 valence electrons. The summed E-state index contributed by atoms with van der Waals surface area (Å²) in [5.41, 5.74) is 0. The first-order valence-corrected chi connectivity index (χ1v) is 3.08. The Morgan fingerprint density at radius 3 is 2.89 bits per heavy atom. The summed E-state index contributed by atoms with van der Waals surface area (Å²) < 4.78 is 4.79. The molecule has 0 aliphatic carbocycles. The smallest absolute Gasteiger partial charge is 0.409 e. The minimum atomic E-state index is -0.201. The number of hydrogen-bond acceptors (Lipinski definition) is 2. The third kappa shape index (κ3) is 1.34. The van der Waals surface area contributed by atoms with Crippen molar-refractivity contribution in [1.82, 2.24) is 4.90 Å². The molecule has 3 nitrogen and oxygen atoms in total. The second-order valence-electron chi connectivity index (χ2n) is 2.56. The van der Waals surface area contributed by atoms with E-state index in [-0.39, 0.29) is 6.09 Å². The average molecular weight is 129 g/mol. The Labute approximate surface area is 54.6 Å². The van der Waals surface area contributed by atoms with Crippen molar-refractivity contribution in [3.63, 3.8) is 0 Å². The zero-order valence-corrected chi connectivity index (χ0v) is 5.76. The molecule has 3 heteroatoms. The number of nitrogens with zero attached hydrogens (tertiary/aromatic N) is 1. The lowest BCUT2D eigenvalue weighted by atomic mass is 10.2. The van der Waals surface area contributed by atoms with E-state index in [2.05, 4.69) is 6.92 Å². The van der Waals surface area contributed by atoms with Crippen LogP contribution in [0, 0.1) is 5.92 Å². The predicted molar refractivity (Wildman–Crippen MR) is 33.1 cm³/mol. The van der Waals surface area contributed by atoms with Crippen molar-refractivity contribution in [1.29, 1.82) is 0 Å². The standard InChI is InChI=1S/C6H11NO2/c1-5-3-7(2)6(8)9-4-5/h5H,3-4H2,1-2H3/t5-/m1/s1. The molecular formula is C6H11NO2. The van der Waals surface area contributed by atoms with Crippen molar-refractivity contribution in [2.45, 2.75) is 6.92 Å². The van der Waals surface area contributed by atoms with E-state index >= 15 is 0 Å². The van der Waals surface area contributed by atoms with Crippen LogP contribution in [-0.2, 0) is 4.74 Å². The van der Waals surface area contributed by atoms with Crippen molar-refractivity contribution in [3.8, 4) is 0 Å². The molecule has 1 aliphatic heterocycles. The van der Waals surface area contributed by atoms with Crippen LogP contribution in [-0.4, -0.2) is 31.2 Å². The molecule has 0 saturated carbocycles. The lowest BCUT2D eigenvalue weighted by Gasteiger charge is -2.26. The summed E-state index contributed by atoms with van der Waals surface area (Å²) >= 11 is 0. The zero-order chi connectivity index (χ0) is 6.85. The molecule has 0 spiro atoms. The molecule has 1 rings (SSSR count). The Kier molecular flexibility index (Phi) is 1.60. The first-order chi connectivity index (χ1) is 4.20. The summed E-state index contributed by atoms with van der Waals surface area (Å²) in [5.74, 6) is 0.479. The molecule has 1 aliphatic rings. The highest BCUT2D eigenvalue weighted by atomic mass is 16.6. The first kappa shape index (κ1) is 6.39. The largest absolute Gasteiger partial charge is 0.449 e. The highest BCUT2D eigenvalue weighted by Crippen LogP contribution is 2.07. The predicted octanol–water partition coefficient (Wildman–Crippen LogP) is 0.705. The summed E-state index contributed by atoms with van der Waals surface area (Å²) in [6.07, 6.45) is -0.201. The van der Waals surface area contributed by atoms with E-state index in [0.717, 1.165) is 6.54 Å². The van der Waals surface area contributed by atoms with Gasteiger partial charge in [0, 0.05) is 19.5 Å². The topological polar surface area (TPSA) is 29.5 Å². The van der Waals surface area contributed by atoms with E-state index < -0.39 is 0 Å². The maximum absolute atomic E-state index is 10.6. The molecule has 1 saturated heterocycles. The quantitative estimate of drug-likeness (QED) is 0.482. The van der Waals surface area contributed by atoms with Crippen molar-refractivity contribution in [2.24, 2.45) is 5.92 Å². The van der Waals surface area contributed by atoms with Gasteiger partial charge in [-0.05, 0) is 0 Å². The van der Waals surface area contributed by atoms with Crippen LogP contribution in [0.2, 0.25) is 0 Å². The second-order valence-corrected chi connectivity index (χ2v) is 2.56. The molecular weight excluding hydrogens is 118 g/mol. The van der Waals surface area contributed by atoms with Gasteiger partial charge in [0.25, 0.3) is 0 Å². The molecule has 0 bridgehead atoms. The molecule has 1 heterocycles. The van der Waals surface area contributed by atoms with E-state index in [9.17, 15) is 4.79 Å². The van der Waals surface area contributed by atoms with Gasteiger partial charge in [-0.15, -0.1) is 0 Å². The third-order valence-electron chi connectivity index (χ3n) is 1.39. The van der Waals surface area contributed by atoms with Gasteiger partial charge in [0.15, 0.2) is 0 Å². The summed E-state index contributed by atoms with van der Waals surface area (Å²) in [6.45, 7) is 3.45. The third-order valence-corrected chi connectivity index (χ3v) is 1.39. The summed E-state index contributed by atoms with van der Waals surface area (Å²) in [5, 5.41) is 0. The van der Waals surface area contributed by atoms with Crippen LogP contribution in [0.3, 0.4) is 0 Å². The molecule has 1 fully saturated rings. The molecule has 9 heavy (non-hydrogen) atoms. The van der Waals surface area contributed by atoms with Gasteiger partial charge < -0.3 is 9.64 Å². The summed E-state index contributed by atoms with van der Waals surface area (Å²) in [4.78, 5) is 12.2. The van der Waals surface area contributed by atoms with Crippen molar-refractivity contribution in [2.75, 3.05) is 20.2 Å². The molecule has 1 amide bonds. The lowest BCUT2D eigenvalue weighted by molar-refractivity contribution is 0.0581. The van der Waals surface area contributed by atoms with E-state index in [1.165, 1.54) is 0 Å². The molecule has 0 N–H and O–H groups in total. The minimum absolute atomic E-state index is 0.201. The Hall–Kier alpha value is -0.730. The fourth-order valence-electron chi connectivity index (χ4n) is 0.918. The fourth-order valence-corrected chi connectivity index (χ4v) is 0.918. The van der Waals surface area contributed by atoms with Gasteiger partial charge in [0.05, 0.1) is 6.61 Å². The Morgan fingerprint density at radius 2 is 2.44 bits per heavy atom. The van der Waals surface area contributed by atoms with E-state index in [1.807, 2.05) is 0 Å². The SMILES string of the molecule is C[C@H]1COC(=O)N(C)C1. The number of carbonyl (C=O) groups excluding carboxylic acids is 1. The number of rotatable bonds is 0. The highest BCUT2D eigenvalue weighted by molar-refractivity contribution is 5.67. The van der Waals surface area contributed by atoms with E-state index in [4.69, 9.17) is 4.74 Å². The maximum atomic E-state index is 10.6. The van der Waals surface area contributed by atoms with Gasteiger partial charge in [-0.25, -0.2) is 4.79 Å². The van der Waals surface area contributed by atoms with Gasteiger partial charge in [0.2, 0.25) is 0 Å². The number of ether oxygens (including phenoxy) is 1. The van der Waals surface area contributed by atoms with Gasteiger partial charge in [-0.3, -0.25) is 0 Å². The average Bonchev–Trinajstić information content (AvgIpc) is 1.80. The summed E-state index contributed by atoms with van der Waals surface area (Å²) in [6, 6.07) is 0. The van der Waals surface area contributed by atoms with Crippen LogP contribution in [0.15, 0.2) is 0 Å². The Balaban J connectivity index is 2.44. The van der Waals surface area contributed by atoms with Gasteiger partial charge in [-0.1, -0.05) is 6.92 Å². The Morgan fingerprint density at radius 1 is 1.78 bits per heavy atom. The summed E-state index contributed by atoms with van der Waals surface area (Å²) in [7, 11) is 1.75. The molecule has 0 radical (unpaired) electrons. The molecule has 0 aromatic heterocycles. The molecule has 0 aromatic rings. The van der Waals surface area contributed by atoms with Gasteiger partial charge >= 0.3 is 6.09 Å². The van der Waals surface area contributed by atoms with Crippen LogP contribution in [0.25, 0.3) is 0 Å². The van der Waals surface area contributed by atoms with Crippen molar-refractivity contribution >= 4 is 6.09 Å².